The molecule has 0 unspecified atom stereocenters. The first-order valence-electron chi connectivity index (χ1n) is 5.85. The Morgan fingerprint density at radius 2 is 2.42 bits per heavy atom. The van der Waals surface area contributed by atoms with Gasteiger partial charge in [0.2, 0.25) is 5.91 Å². The van der Waals surface area contributed by atoms with Gasteiger partial charge in [-0.25, -0.2) is 0 Å². The monoisotopic (exact) mass is 267 g/mol. The molecule has 0 radical (unpaired) electrons. The number of rotatable bonds is 1. The Bertz CT molecular complexity index is 584. The Balaban J connectivity index is 1.95. The standard InChI is InChI=1S/C11H13N3O5/c1-5(16)12-7-2-3-14-10-9(19-11(14)13-7)8(17)6(4-15)18-10/h2-3,6,8-10,15,17H,4H2,1H3/t6-,8-,9+,10-/m1/s1. The van der Waals surface area contributed by atoms with E-state index in [1.165, 1.54) is 6.92 Å². The van der Waals surface area contributed by atoms with Crippen LogP contribution in [0.2, 0.25) is 0 Å². The molecule has 1 saturated heterocycles. The largest absolute Gasteiger partial charge is 0.454 e. The molecule has 4 atom stereocenters. The SMILES string of the molecule is CC(=O)N=c1ccn2c(n1)O[C@H]1[C@H](O)[C@@H](CO)O[C@H]12. The van der Waals surface area contributed by atoms with E-state index in [-0.39, 0.29) is 24.0 Å². The maximum absolute atomic E-state index is 10.9. The van der Waals surface area contributed by atoms with Crippen LogP contribution in [0, 0.1) is 0 Å². The highest BCUT2D eigenvalue weighted by atomic mass is 16.6. The summed E-state index contributed by atoms with van der Waals surface area (Å²) >= 11 is 0. The van der Waals surface area contributed by atoms with Gasteiger partial charge in [0.25, 0.3) is 0 Å². The van der Waals surface area contributed by atoms with Gasteiger partial charge in [-0.3, -0.25) is 9.36 Å². The lowest BCUT2D eigenvalue weighted by Crippen LogP contribution is -2.34. The number of aliphatic hydroxyl groups is 2. The molecule has 2 N–H and O–H groups in total. The number of hydrogen-bond donors (Lipinski definition) is 2. The van der Waals surface area contributed by atoms with Gasteiger partial charge in [0.05, 0.1) is 6.61 Å². The molecule has 1 aromatic rings. The van der Waals surface area contributed by atoms with Crippen molar-refractivity contribution in [1.82, 2.24) is 9.55 Å². The molecule has 0 bridgehead atoms. The highest BCUT2D eigenvalue weighted by Crippen LogP contribution is 2.38. The van der Waals surface area contributed by atoms with E-state index in [0.29, 0.717) is 0 Å². The predicted molar refractivity (Wildman–Crippen MR) is 59.9 cm³/mol. The van der Waals surface area contributed by atoms with Crippen LogP contribution < -0.4 is 10.2 Å². The molecule has 3 heterocycles. The summed E-state index contributed by atoms with van der Waals surface area (Å²) in [4.78, 5) is 18.7. The Labute approximate surface area is 107 Å². The van der Waals surface area contributed by atoms with Gasteiger partial charge in [-0.2, -0.15) is 9.98 Å². The minimum absolute atomic E-state index is 0.230. The van der Waals surface area contributed by atoms with Gasteiger partial charge in [0.15, 0.2) is 17.8 Å². The normalized spacial score (nSPS) is 32.9. The lowest BCUT2D eigenvalue weighted by Gasteiger charge is -2.14. The third kappa shape index (κ3) is 1.93. The number of aromatic nitrogens is 2. The van der Waals surface area contributed by atoms with E-state index in [2.05, 4.69) is 9.98 Å². The number of ether oxygens (including phenoxy) is 2. The van der Waals surface area contributed by atoms with Gasteiger partial charge in [0.1, 0.15) is 12.2 Å². The Morgan fingerprint density at radius 3 is 3.11 bits per heavy atom. The molecular weight excluding hydrogens is 254 g/mol. The number of fused-ring (bicyclic) bond motifs is 3. The summed E-state index contributed by atoms with van der Waals surface area (Å²) in [5, 5.41) is 19.0. The van der Waals surface area contributed by atoms with Crippen LogP contribution in [0.3, 0.4) is 0 Å². The zero-order chi connectivity index (χ0) is 13.6. The third-order valence-electron chi connectivity index (χ3n) is 3.10. The molecule has 3 rings (SSSR count). The number of hydrogen-bond acceptors (Lipinski definition) is 6. The van der Waals surface area contributed by atoms with Crippen molar-refractivity contribution in [3.05, 3.63) is 17.8 Å². The number of carbonyl (C=O) groups is 1. The van der Waals surface area contributed by atoms with Gasteiger partial charge in [-0.15, -0.1) is 0 Å². The van der Waals surface area contributed by atoms with Crippen molar-refractivity contribution in [3.63, 3.8) is 0 Å². The van der Waals surface area contributed by atoms with Crippen LogP contribution in [0.4, 0.5) is 0 Å². The predicted octanol–water partition coefficient (Wildman–Crippen LogP) is -1.66. The molecule has 1 amide bonds. The molecule has 0 aromatic carbocycles. The first-order valence-corrected chi connectivity index (χ1v) is 5.85. The van der Waals surface area contributed by atoms with Crippen LogP contribution >= 0.6 is 0 Å². The highest BCUT2D eigenvalue weighted by molar-refractivity contribution is 5.73. The average Bonchev–Trinajstić information content (AvgIpc) is 2.85. The van der Waals surface area contributed by atoms with E-state index in [1.54, 1.807) is 16.8 Å². The third-order valence-corrected chi connectivity index (χ3v) is 3.10. The first kappa shape index (κ1) is 12.3. The van der Waals surface area contributed by atoms with Crippen LogP contribution in [-0.2, 0) is 9.53 Å². The van der Waals surface area contributed by atoms with E-state index < -0.39 is 24.5 Å². The van der Waals surface area contributed by atoms with Crippen molar-refractivity contribution < 1.29 is 24.5 Å². The minimum atomic E-state index is -0.926. The molecule has 19 heavy (non-hydrogen) atoms. The summed E-state index contributed by atoms with van der Waals surface area (Å²) in [5.41, 5.74) is 0.243. The summed E-state index contributed by atoms with van der Waals surface area (Å²) in [5.74, 6) is -0.354. The summed E-state index contributed by atoms with van der Waals surface area (Å²) in [6, 6.07) is 1.78. The van der Waals surface area contributed by atoms with Crippen LogP contribution in [0.5, 0.6) is 6.01 Å². The minimum Gasteiger partial charge on any atom is -0.454 e. The van der Waals surface area contributed by atoms with Crippen molar-refractivity contribution >= 4 is 5.91 Å². The zero-order valence-electron chi connectivity index (χ0n) is 10.1. The van der Waals surface area contributed by atoms with Gasteiger partial charge in [-0.1, -0.05) is 0 Å². The summed E-state index contributed by atoms with van der Waals surface area (Å²) in [6.07, 6.45) is -1.11. The molecule has 8 heteroatoms. The second kappa shape index (κ2) is 4.41. The van der Waals surface area contributed by atoms with Gasteiger partial charge in [-0.05, 0) is 6.07 Å². The highest BCUT2D eigenvalue weighted by Gasteiger charge is 2.50. The van der Waals surface area contributed by atoms with Crippen LogP contribution in [0.15, 0.2) is 17.3 Å². The molecular formula is C11H13N3O5. The molecule has 1 fully saturated rings. The van der Waals surface area contributed by atoms with E-state index >= 15 is 0 Å². The molecule has 1 aromatic heterocycles. The van der Waals surface area contributed by atoms with Gasteiger partial charge >= 0.3 is 6.01 Å². The molecule has 102 valence electrons. The molecule has 2 aliphatic heterocycles. The van der Waals surface area contributed by atoms with Gasteiger partial charge < -0.3 is 19.7 Å². The quantitative estimate of drug-likeness (QED) is 0.631. The van der Waals surface area contributed by atoms with E-state index in [1.807, 2.05) is 0 Å². The number of aliphatic hydroxyl groups excluding tert-OH is 2. The molecule has 0 saturated carbocycles. The summed E-state index contributed by atoms with van der Waals surface area (Å²) in [7, 11) is 0. The molecule has 2 aliphatic rings. The van der Waals surface area contributed by atoms with Crippen molar-refractivity contribution in [2.45, 2.75) is 31.5 Å². The molecule has 8 nitrogen and oxygen atoms in total. The van der Waals surface area contributed by atoms with Crippen LogP contribution in [0.1, 0.15) is 13.2 Å². The molecule has 0 spiro atoms. The molecule has 0 aliphatic carbocycles. The Hall–Kier alpha value is -1.77. The lowest BCUT2D eigenvalue weighted by molar-refractivity contribution is -0.116. The van der Waals surface area contributed by atoms with Crippen molar-refractivity contribution in [1.29, 1.82) is 0 Å². The van der Waals surface area contributed by atoms with Crippen molar-refractivity contribution in [2.75, 3.05) is 6.61 Å². The van der Waals surface area contributed by atoms with Gasteiger partial charge in [0, 0.05) is 13.1 Å². The van der Waals surface area contributed by atoms with E-state index in [9.17, 15) is 9.90 Å². The van der Waals surface area contributed by atoms with E-state index in [4.69, 9.17) is 14.6 Å². The topological polar surface area (TPSA) is 106 Å². The number of nitrogens with zero attached hydrogens (tertiary/aromatic N) is 3. The fourth-order valence-corrected chi connectivity index (χ4v) is 2.25. The average molecular weight is 267 g/mol. The van der Waals surface area contributed by atoms with E-state index in [0.717, 1.165) is 0 Å². The fourth-order valence-electron chi connectivity index (χ4n) is 2.25. The maximum atomic E-state index is 10.9. The fraction of sp³-hybridized carbons (Fsp3) is 0.545. The van der Waals surface area contributed by atoms with Crippen molar-refractivity contribution in [3.8, 4) is 6.01 Å². The number of amides is 1. The first-order chi connectivity index (χ1) is 9.10. The zero-order valence-corrected chi connectivity index (χ0v) is 10.1. The second-order valence-corrected chi connectivity index (χ2v) is 4.43. The smallest absolute Gasteiger partial charge is 0.301 e. The summed E-state index contributed by atoms with van der Waals surface area (Å²) in [6.45, 7) is 1.05. The van der Waals surface area contributed by atoms with Crippen molar-refractivity contribution in [2.24, 2.45) is 4.99 Å². The maximum Gasteiger partial charge on any atom is 0.301 e. The Kier molecular flexibility index (Phi) is 2.85. The number of carbonyl (C=O) groups excluding carboxylic acids is 1. The Morgan fingerprint density at radius 1 is 1.63 bits per heavy atom. The van der Waals surface area contributed by atoms with Crippen LogP contribution in [0.25, 0.3) is 0 Å². The van der Waals surface area contributed by atoms with Crippen LogP contribution in [-0.4, -0.2) is 50.6 Å². The second-order valence-electron chi connectivity index (χ2n) is 4.43. The summed E-state index contributed by atoms with van der Waals surface area (Å²) < 4.78 is 12.6. The lowest BCUT2D eigenvalue weighted by atomic mass is 10.1.